The van der Waals surface area contributed by atoms with Gasteiger partial charge in [-0.05, 0) is 40.0 Å². The lowest BCUT2D eigenvalue weighted by Gasteiger charge is -2.39. The summed E-state index contributed by atoms with van der Waals surface area (Å²) in [6, 6.07) is 0.288. The van der Waals surface area contributed by atoms with E-state index < -0.39 is 0 Å². The van der Waals surface area contributed by atoms with E-state index in [1.807, 2.05) is 15.8 Å². The van der Waals surface area contributed by atoms with E-state index in [9.17, 15) is 9.90 Å². The van der Waals surface area contributed by atoms with Gasteiger partial charge < -0.3 is 10.0 Å². The summed E-state index contributed by atoms with van der Waals surface area (Å²) in [7, 11) is 0. The first-order valence-corrected chi connectivity index (χ1v) is 8.63. The summed E-state index contributed by atoms with van der Waals surface area (Å²) in [5, 5.41) is 14.4. The molecule has 1 N–H and O–H groups in total. The molecule has 1 aliphatic heterocycles. The Morgan fingerprint density at radius 3 is 2.43 bits per heavy atom. The SMILES string of the molecule is CC(C)(C)n1cc(C(=O)N2CCN(C3CCCC3O)CC2)cn1. The van der Waals surface area contributed by atoms with Crippen LogP contribution in [0.15, 0.2) is 12.4 Å². The fraction of sp³-hybridized carbons (Fsp3) is 0.765. The Labute approximate surface area is 138 Å². The van der Waals surface area contributed by atoms with Gasteiger partial charge in [-0.3, -0.25) is 14.4 Å². The fourth-order valence-electron chi connectivity index (χ4n) is 3.59. The zero-order valence-electron chi connectivity index (χ0n) is 14.4. The van der Waals surface area contributed by atoms with Crippen molar-refractivity contribution in [1.82, 2.24) is 19.6 Å². The van der Waals surface area contributed by atoms with Crippen molar-refractivity contribution < 1.29 is 9.90 Å². The molecular formula is C17H28N4O2. The fourth-order valence-corrected chi connectivity index (χ4v) is 3.59. The minimum absolute atomic E-state index is 0.0621. The predicted molar refractivity (Wildman–Crippen MR) is 88.3 cm³/mol. The Kier molecular flexibility index (Phi) is 4.47. The van der Waals surface area contributed by atoms with Gasteiger partial charge in [0.2, 0.25) is 0 Å². The summed E-state index contributed by atoms with van der Waals surface area (Å²) in [4.78, 5) is 16.9. The van der Waals surface area contributed by atoms with Gasteiger partial charge in [0.15, 0.2) is 0 Å². The van der Waals surface area contributed by atoms with E-state index in [1.165, 1.54) is 0 Å². The predicted octanol–water partition coefficient (Wildman–Crippen LogP) is 1.31. The van der Waals surface area contributed by atoms with Crippen LogP contribution in [0.25, 0.3) is 0 Å². The number of nitrogens with zero attached hydrogens (tertiary/aromatic N) is 4. The molecule has 2 fully saturated rings. The van der Waals surface area contributed by atoms with Crippen LogP contribution in [-0.2, 0) is 5.54 Å². The second-order valence-electron chi connectivity index (χ2n) is 7.74. The van der Waals surface area contributed by atoms with Crippen LogP contribution in [0.5, 0.6) is 0 Å². The first kappa shape index (κ1) is 16.5. The number of rotatable bonds is 2. The quantitative estimate of drug-likeness (QED) is 0.892. The minimum atomic E-state index is -0.192. The molecule has 1 saturated heterocycles. The smallest absolute Gasteiger partial charge is 0.257 e. The van der Waals surface area contributed by atoms with Crippen molar-refractivity contribution >= 4 is 5.91 Å². The largest absolute Gasteiger partial charge is 0.391 e. The molecule has 2 atom stereocenters. The Morgan fingerprint density at radius 2 is 1.91 bits per heavy atom. The summed E-state index contributed by atoms with van der Waals surface area (Å²) < 4.78 is 1.84. The van der Waals surface area contributed by atoms with Crippen LogP contribution in [-0.4, -0.2) is 68.9 Å². The van der Waals surface area contributed by atoms with Crippen LogP contribution in [0.4, 0.5) is 0 Å². The number of hydrogen-bond acceptors (Lipinski definition) is 4. The molecule has 2 aliphatic rings. The Morgan fingerprint density at radius 1 is 1.22 bits per heavy atom. The van der Waals surface area contributed by atoms with Crippen molar-refractivity contribution in [3.05, 3.63) is 18.0 Å². The zero-order valence-corrected chi connectivity index (χ0v) is 14.4. The van der Waals surface area contributed by atoms with Crippen molar-refractivity contribution in [2.75, 3.05) is 26.2 Å². The van der Waals surface area contributed by atoms with Gasteiger partial charge in [-0.1, -0.05) is 0 Å². The number of piperazine rings is 1. The summed E-state index contributed by atoms with van der Waals surface area (Å²) in [5.74, 6) is 0.0621. The van der Waals surface area contributed by atoms with E-state index in [4.69, 9.17) is 0 Å². The van der Waals surface area contributed by atoms with Crippen molar-refractivity contribution in [2.24, 2.45) is 0 Å². The van der Waals surface area contributed by atoms with Gasteiger partial charge in [-0.15, -0.1) is 0 Å². The van der Waals surface area contributed by atoms with Crippen LogP contribution < -0.4 is 0 Å². The highest BCUT2D eigenvalue weighted by Gasteiger charge is 2.33. The number of carbonyl (C=O) groups is 1. The summed E-state index contributed by atoms with van der Waals surface area (Å²) >= 11 is 0. The van der Waals surface area contributed by atoms with E-state index in [0.717, 1.165) is 45.4 Å². The summed E-state index contributed by atoms with van der Waals surface area (Å²) in [5.41, 5.74) is 0.546. The second kappa shape index (κ2) is 6.24. The number of carbonyl (C=O) groups excluding carboxylic acids is 1. The highest BCUT2D eigenvalue weighted by Crippen LogP contribution is 2.25. The Hall–Kier alpha value is -1.40. The molecule has 6 nitrogen and oxygen atoms in total. The highest BCUT2D eigenvalue weighted by atomic mass is 16.3. The molecule has 2 unspecified atom stereocenters. The maximum Gasteiger partial charge on any atom is 0.257 e. The molecule has 0 aromatic carbocycles. The van der Waals surface area contributed by atoms with Crippen LogP contribution in [0.3, 0.4) is 0 Å². The molecule has 1 amide bonds. The number of aliphatic hydroxyl groups is 1. The van der Waals surface area contributed by atoms with Crippen molar-refractivity contribution in [3.8, 4) is 0 Å². The third-order valence-corrected chi connectivity index (χ3v) is 5.03. The molecular weight excluding hydrogens is 292 g/mol. The molecule has 1 aromatic heterocycles. The molecule has 1 saturated carbocycles. The molecule has 0 bridgehead atoms. The normalized spacial score (nSPS) is 26.7. The second-order valence-corrected chi connectivity index (χ2v) is 7.74. The number of aromatic nitrogens is 2. The summed E-state index contributed by atoms with van der Waals surface area (Å²) in [6.45, 7) is 9.35. The lowest BCUT2D eigenvalue weighted by Crippen LogP contribution is -2.53. The van der Waals surface area contributed by atoms with Gasteiger partial charge in [0.05, 0.1) is 23.4 Å². The Balaban J connectivity index is 1.59. The van der Waals surface area contributed by atoms with Gasteiger partial charge in [0.1, 0.15) is 0 Å². The highest BCUT2D eigenvalue weighted by molar-refractivity contribution is 5.93. The van der Waals surface area contributed by atoms with E-state index in [-0.39, 0.29) is 23.6 Å². The van der Waals surface area contributed by atoms with Crippen molar-refractivity contribution in [1.29, 1.82) is 0 Å². The molecule has 3 rings (SSSR count). The number of amides is 1. The maximum atomic E-state index is 12.6. The average Bonchev–Trinajstić information content (AvgIpc) is 3.15. The van der Waals surface area contributed by atoms with E-state index in [2.05, 4.69) is 30.8 Å². The van der Waals surface area contributed by atoms with Crippen LogP contribution in [0, 0.1) is 0 Å². The van der Waals surface area contributed by atoms with Gasteiger partial charge in [0, 0.05) is 38.4 Å². The van der Waals surface area contributed by atoms with Crippen LogP contribution in [0.2, 0.25) is 0 Å². The first-order valence-electron chi connectivity index (χ1n) is 8.63. The van der Waals surface area contributed by atoms with Crippen molar-refractivity contribution in [2.45, 2.75) is 57.7 Å². The van der Waals surface area contributed by atoms with E-state index >= 15 is 0 Å². The molecule has 128 valence electrons. The third-order valence-electron chi connectivity index (χ3n) is 5.03. The standard InChI is InChI=1S/C17H28N4O2/c1-17(2,3)21-12-13(11-18-21)16(23)20-9-7-19(8-10-20)14-5-4-6-15(14)22/h11-12,14-15,22H,4-10H2,1-3H3. The Bertz CT molecular complexity index is 555. The van der Waals surface area contributed by atoms with E-state index in [1.54, 1.807) is 6.20 Å². The average molecular weight is 320 g/mol. The number of hydrogen-bond donors (Lipinski definition) is 1. The lowest BCUT2D eigenvalue weighted by molar-refractivity contribution is 0.0315. The molecule has 2 heterocycles. The third kappa shape index (κ3) is 3.43. The molecule has 1 aliphatic carbocycles. The minimum Gasteiger partial charge on any atom is -0.391 e. The van der Waals surface area contributed by atoms with Gasteiger partial charge in [0.25, 0.3) is 5.91 Å². The monoisotopic (exact) mass is 320 g/mol. The van der Waals surface area contributed by atoms with Crippen molar-refractivity contribution in [3.63, 3.8) is 0 Å². The van der Waals surface area contributed by atoms with Gasteiger partial charge in [-0.25, -0.2) is 0 Å². The first-order chi connectivity index (χ1) is 10.9. The molecule has 6 heteroatoms. The molecule has 0 spiro atoms. The lowest BCUT2D eigenvalue weighted by atomic mass is 10.1. The van der Waals surface area contributed by atoms with Gasteiger partial charge in [-0.2, -0.15) is 5.10 Å². The van der Waals surface area contributed by atoms with Crippen LogP contribution in [0.1, 0.15) is 50.4 Å². The number of aliphatic hydroxyl groups excluding tert-OH is 1. The summed E-state index contributed by atoms with van der Waals surface area (Å²) in [6.07, 6.45) is 6.42. The van der Waals surface area contributed by atoms with Crippen LogP contribution >= 0.6 is 0 Å². The topological polar surface area (TPSA) is 61.6 Å². The maximum absolute atomic E-state index is 12.6. The molecule has 0 radical (unpaired) electrons. The molecule has 23 heavy (non-hydrogen) atoms. The van der Waals surface area contributed by atoms with E-state index in [0.29, 0.717) is 5.56 Å². The zero-order chi connectivity index (χ0) is 16.6. The van der Waals surface area contributed by atoms with Gasteiger partial charge >= 0.3 is 0 Å². The molecule has 1 aromatic rings.